The molecular weight excluding hydrogens is 270 g/mol. The van der Waals surface area contributed by atoms with Crippen LogP contribution in [0.3, 0.4) is 0 Å². The minimum Gasteiger partial charge on any atom is -0.311 e. The van der Waals surface area contributed by atoms with Crippen molar-refractivity contribution in [3.8, 4) is 0 Å². The molecule has 21 heavy (non-hydrogen) atoms. The van der Waals surface area contributed by atoms with Gasteiger partial charge in [-0.25, -0.2) is 8.78 Å². The molecule has 1 N–H and O–H groups in total. The molecule has 0 radical (unpaired) electrons. The highest BCUT2D eigenvalue weighted by Crippen LogP contribution is 2.30. The first-order valence-corrected chi connectivity index (χ1v) is 8.02. The van der Waals surface area contributed by atoms with Gasteiger partial charge in [0, 0.05) is 30.2 Å². The van der Waals surface area contributed by atoms with Crippen molar-refractivity contribution in [2.75, 3.05) is 6.54 Å². The fourth-order valence-electron chi connectivity index (χ4n) is 3.83. The van der Waals surface area contributed by atoms with Crippen molar-refractivity contribution in [2.45, 2.75) is 63.7 Å². The number of nitrogens with zero attached hydrogens (tertiary/aromatic N) is 1. The predicted octanol–water partition coefficient (Wildman–Crippen LogP) is 3.73. The summed E-state index contributed by atoms with van der Waals surface area (Å²) in [5.41, 5.74) is 1.24. The molecule has 2 heterocycles. The molecule has 1 aromatic carbocycles. The first-order chi connectivity index (χ1) is 10.2. The van der Waals surface area contributed by atoms with Crippen LogP contribution in [0.1, 0.15) is 50.2 Å². The normalized spacial score (nSPS) is 28.5. The van der Waals surface area contributed by atoms with Crippen LogP contribution in [0.25, 0.3) is 0 Å². The van der Waals surface area contributed by atoms with Crippen LogP contribution in [0.2, 0.25) is 0 Å². The second-order valence-electron chi connectivity index (χ2n) is 6.37. The van der Waals surface area contributed by atoms with Crippen LogP contribution >= 0.6 is 0 Å². The Labute approximate surface area is 125 Å². The van der Waals surface area contributed by atoms with Crippen LogP contribution < -0.4 is 5.32 Å². The standard InChI is InChI=1S/C17H24F2N2/c1-2-21(16-9-14-7-8-15(10-16)20-14)11-12-3-5-13(6-4-12)17(18)19/h3-6,14-17,20H,2,7-11H2,1H3. The van der Waals surface area contributed by atoms with E-state index < -0.39 is 6.43 Å². The SMILES string of the molecule is CCN(Cc1ccc(C(F)F)cc1)C1CC2CCC(C1)N2. The molecular formula is C17H24F2N2. The van der Waals surface area contributed by atoms with Gasteiger partial charge in [-0.1, -0.05) is 31.2 Å². The third kappa shape index (κ3) is 3.43. The largest absolute Gasteiger partial charge is 0.311 e. The molecule has 0 amide bonds. The van der Waals surface area contributed by atoms with Crippen LogP contribution in [0, 0.1) is 0 Å². The van der Waals surface area contributed by atoms with E-state index in [9.17, 15) is 8.78 Å². The van der Waals surface area contributed by atoms with Crippen molar-refractivity contribution in [2.24, 2.45) is 0 Å². The lowest BCUT2D eigenvalue weighted by atomic mass is 9.97. The van der Waals surface area contributed by atoms with E-state index in [4.69, 9.17) is 0 Å². The maximum absolute atomic E-state index is 12.6. The smallest absolute Gasteiger partial charge is 0.263 e. The summed E-state index contributed by atoms with van der Waals surface area (Å²) in [7, 11) is 0. The molecule has 3 rings (SSSR count). The molecule has 2 nitrogen and oxygen atoms in total. The molecule has 2 unspecified atom stereocenters. The van der Waals surface area contributed by atoms with E-state index in [-0.39, 0.29) is 5.56 Å². The average molecular weight is 294 g/mol. The molecule has 2 saturated heterocycles. The summed E-state index contributed by atoms with van der Waals surface area (Å²) in [5, 5.41) is 3.67. The average Bonchev–Trinajstić information content (AvgIpc) is 2.83. The Morgan fingerprint density at radius 3 is 2.29 bits per heavy atom. The molecule has 116 valence electrons. The first kappa shape index (κ1) is 14.9. The lowest BCUT2D eigenvalue weighted by molar-refractivity contribution is 0.140. The van der Waals surface area contributed by atoms with Crippen molar-refractivity contribution in [1.82, 2.24) is 10.2 Å². The van der Waals surface area contributed by atoms with E-state index in [2.05, 4.69) is 17.1 Å². The lowest BCUT2D eigenvalue weighted by Gasteiger charge is -2.37. The fourth-order valence-corrected chi connectivity index (χ4v) is 3.83. The highest BCUT2D eigenvalue weighted by molar-refractivity contribution is 5.23. The summed E-state index contributed by atoms with van der Waals surface area (Å²) in [6, 6.07) is 8.80. The topological polar surface area (TPSA) is 15.3 Å². The fraction of sp³-hybridized carbons (Fsp3) is 0.647. The third-order valence-electron chi connectivity index (χ3n) is 4.99. The van der Waals surface area contributed by atoms with Crippen LogP contribution in [0.15, 0.2) is 24.3 Å². The van der Waals surface area contributed by atoms with Gasteiger partial charge in [-0.15, -0.1) is 0 Å². The van der Waals surface area contributed by atoms with Crippen LogP contribution in [-0.4, -0.2) is 29.6 Å². The van der Waals surface area contributed by atoms with Crippen molar-refractivity contribution in [1.29, 1.82) is 0 Å². The highest BCUT2D eigenvalue weighted by atomic mass is 19.3. The number of rotatable bonds is 5. The number of nitrogens with one attached hydrogen (secondary N) is 1. The number of fused-ring (bicyclic) bond motifs is 2. The Balaban J connectivity index is 1.64. The molecule has 0 saturated carbocycles. The van der Waals surface area contributed by atoms with Gasteiger partial charge >= 0.3 is 0 Å². The predicted molar refractivity (Wildman–Crippen MR) is 80.5 cm³/mol. The summed E-state index contributed by atoms with van der Waals surface area (Å²) in [4.78, 5) is 2.50. The van der Waals surface area contributed by atoms with Gasteiger partial charge in [-0.3, -0.25) is 4.90 Å². The van der Waals surface area contributed by atoms with E-state index in [1.807, 2.05) is 12.1 Å². The van der Waals surface area contributed by atoms with Gasteiger partial charge < -0.3 is 5.32 Å². The van der Waals surface area contributed by atoms with Crippen LogP contribution in [0.5, 0.6) is 0 Å². The van der Waals surface area contributed by atoms with Gasteiger partial charge in [0.2, 0.25) is 0 Å². The van der Waals surface area contributed by atoms with Crippen molar-refractivity contribution < 1.29 is 8.78 Å². The van der Waals surface area contributed by atoms with E-state index in [1.54, 1.807) is 12.1 Å². The Hall–Kier alpha value is -1.00. The van der Waals surface area contributed by atoms with Crippen LogP contribution in [-0.2, 0) is 6.54 Å². The summed E-state index contributed by atoms with van der Waals surface area (Å²) < 4.78 is 25.2. The summed E-state index contributed by atoms with van der Waals surface area (Å²) in [5.74, 6) is 0. The summed E-state index contributed by atoms with van der Waals surface area (Å²) in [6.45, 7) is 4.07. The molecule has 2 bridgehead atoms. The maximum atomic E-state index is 12.6. The number of piperidine rings is 1. The van der Waals surface area contributed by atoms with Crippen molar-refractivity contribution in [3.63, 3.8) is 0 Å². The Morgan fingerprint density at radius 1 is 1.14 bits per heavy atom. The number of benzene rings is 1. The molecule has 0 aliphatic carbocycles. The number of hydrogen-bond acceptors (Lipinski definition) is 2. The minimum atomic E-state index is -2.37. The summed E-state index contributed by atoms with van der Waals surface area (Å²) in [6.07, 6.45) is 2.68. The lowest BCUT2D eigenvalue weighted by Crippen LogP contribution is -2.47. The van der Waals surface area contributed by atoms with Gasteiger partial charge in [-0.2, -0.15) is 0 Å². The van der Waals surface area contributed by atoms with Gasteiger partial charge in [0.05, 0.1) is 0 Å². The Morgan fingerprint density at radius 2 is 1.76 bits per heavy atom. The van der Waals surface area contributed by atoms with E-state index in [0.29, 0.717) is 18.1 Å². The molecule has 0 spiro atoms. The molecule has 2 aliphatic rings. The maximum Gasteiger partial charge on any atom is 0.263 e. The molecule has 2 atom stereocenters. The van der Waals surface area contributed by atoms with Crippen molar-refractivity contribution >= 4 is 0 Å². The van der Waals surface area contributed by atoms with Gasteiger partial charge in [0.25, 0.3) is 6.43 Å². The van der Waals surface area contributed by atoms with Crippen molar-refractivity contribution in [3.05, 3.63) is 35.4 Å². The second-order valence-corrected chi connectivity index (χ2v) is 6.37. The van der Waals surface area contributed by atoms with E-state index in [1.165, 1.54) is 25.7 Å². The van der Waals surface area contributed by atoms with E-state index >= 15 is 0 Å². The van der Waals surface area contributed by atoms with Gasteiger partial charge in [0.1, 0.15) is 0 Å². The highest BCUT2D eigenvalue weighted by Gasteiger charge is 2.35. The zero-order chi connectivity index (χ0) is 14.8. The zero-order valence-corrected chi connectivity index (χ0v) is 12.6. The number of halogens is 2. The molecule has 0 aromatic heterocycles. The third-order valence-corrected chi connectivity index (χ3v) is 4.99. The quantitative estimate of drug-likeness (QED) is 0.890. The molecule has 2 fully saturated rings. The first-order valence-electron chi connectivity index (χ1n) is 8.02. The monoisotopic (exact) mass is 294 g/mol. The Bertz CT molecular complexity index is 448. The second kappa shape index (κ2) is 6.41. The van der Waals surface area contributed by atoms with E-state index in [0.717, 1.165) is 18.7 Å². The number of hydrogen-bond donors (Lipinski definition) is 1. The zero-order valence-electron chi connectivity index (χ0n) is 12.6. The number of alkyl halides is 2. The molecule has 1 aromatic rings. The molecule has 2 aliphatic heterocycles. The summed E-state index contributed by atoms with van der Waals surface area (Å²) >= 11 is 0. The van der Waals surface area contributed by atoms with Crippen LogP contribution in [0.4, 0.5) is 8.78 Å². The van der Waals surface area contributed by atoms with Gasteiger partial charge in [-0.05, 0) is 37.8 Å². The minimum absolute atomic E-state index is 0.113. The van der Waals surface area contributed by atoms with Gasteiger partial charge in [0.15, 0.2) is 0 Å². The molecule has 4 heteroatoms. The Kier molecular flexibility index (Phi) is 4.55.